The molecule has 0 aromatic heterocycles. The van der Waals surface area contributed by atoms with E-state index in [1.165, 1.54) is 4.90 Å². The summed E-state index contributed by atoms with van der Waals surface area (Å²) in [6.45, 7) is 6.33. The topological polar surface area (TPSA) is 75.8 Å². The van der Waals surface area contributed by atoms with Crippen molar-refractivity contribution < 1.29 is 14.6 Å². The first-order valence-electron chi connectivity index (χ1n) is 5.71. The lowest BCUT2D eigenvalue weighted by molar-refractivity contribution is 0.0163. The molecule has 0 unspecified atom stereocenters. The number of nitrogens with two attached hydrogens (primary N) is 1. The Labute approximate surface area is 96.6 Å². The lowest BCUT2D eigenvalue weighted by Crippen LogP contribution is -2.44. The summed E-state index contributed by atoms with van der Waals surface area (Å²) < 4.78 is 5.25. The van der Waals surface area contributed by atoms with E-state index < -0.39 is 11.7 Å². The second kappa shape index (κ2) is 5.01. The van der Waals surface area contributed by atoms with Gasteiger partial charge in [0, 0.05) is 12.6 Å². The standard InChI is InChI=1S/C11H22N2O3/c1-11(2,3)16-10(15)13-6-4-5-8(12)9(14)7-13/h8-9,14H,4-7,12H2,1-3H3/t8-,9-/m0/s1. The second-order valence-corrected chi connectivity index (χ2v) is 5.30. The quantitative estimate of drug-likeness (QED) is 0.642. The van der Waals surface area contributed by atoms with Crippen molar-refractivity contribution in [1.82, 2.24) is 4.90 Å². The summed E-state index contributed by atoms with van der Waals surface area (Å²) in [6, 6.07) is -0.243. The third-order valence-corrected chi connectivity index (χ3v) is 2.52. The maximum atomic E-state index is 11.8. The Morgan fingerprint density at radius 2 is 2.12 bits per heavy atom. The number of hydrogen-bond acceptors (Lipinski definition) is 4. The van der Waals surface area contributed by atoms with Gasteiger partial charge in [0.2, 0.25) is 0 Å². The summed E-state index contributed by atoms with van der Waals surface area (Å²) in [7, 11) is 0. The van der Waals surface area contributed by atoms with Gasteiger partial charge in [0.25, 0.3) is 0 Å². The Morgan fingerprint density at radius 1 is 1.50 bits per heavy atom. The molecule has 1 amide bonds. The largest absolute Gasteiger partial charge is 0.444 e. The monoisotopic (exact) mass is 230 g/mol. The van der Waals surface area contributed by atoms with E-state index in [1.807, 2.05) is 20.8 Å². The van der Waals surface area contributed by atoms with E-state index in [2.05, 4.69) is 0 Å². The highest BCUT2D eigenvalue weighted by Crippen LogP contribution is 2.14. The molecule has 0 saturated carbocycles. The number of β-amino-alcohol motifs (C(OH)–C–C–N with tert-alkyl or cyclic N) is 1. The first kappa shape index (κ1) is 13.3. The number of nitrogens with zero attached hydrogens (tertiary/aromatic N) is 1. The van der Waals surface area contributed by atoms with Crippen molar-refractivity contribution in [1.29, 1.82) is 0 Å². The van der Waals surface area contributed by atoms with Crippen LogP contribution in [0.2, 0.25) is 0 Å². The van der Waals surface area contributed by atoms with Gasteiger partial charge in [-0.25, -0.2) is 4.79 Å². The van der Waals surface area contributed by atoms with Crippen LogP contribution in [0.15, 0.2) is 0 Å². The highest BCUT2D eigenvalue weighted by molar-refractivity contribution is 5.68. The molecule has 5 nitrogen and oxygen atoms in total. The number of amides is 1. The molecule has 0 aliphatic carbocycles. The summed E-state index contributed by atoms with van der Waals surface area (Å²) in [4.78, 5) is 13.3. The number of aliphatic hydroxyl groups excluding tert-OH is 1. The molecule has 0 aromatic rings. The van der Waals surface area contributed by atoms with Gasteiger partial charge in [-0.05, 0) is 33.6 Å². The van der Waals surface area contributed by atoms with Crippen molar-refractivity contribution in [3.05, 3.63) is 0 Å². The molecule has 5 heteroatoms. The van der Waals surface area contributed by atoms with Gasteiger partial charge in [0.1, 0.15) is 5.60 Å². The minimum atomic E-state index is -0.657. The number of aliphatic hydroxyl groups is 1. The molecule has 1 aliphatic rings. The summed E-state index contributed by atoms with van der Waals surface area (Å²) in [6.07, 6.45) is 0.508. The predicted octanol–water partition coefficient (Wildman–Crippen LogP) is 0.706. The van der Waals surface area contributed by atoms with Crippen LogP contribution in [0.4, 0.5) is 4.79 Å². The maximum Gasteiger partial charge on any atom is 0.410 e. The molecule has 1 fully saturated rings. The van der Waals surface area contributed by atoms with E-state index in [4.69, 9.17) is 10.5 Å². The van der Waals surface area contributed by atoms with Gasteiger partial charge in [0.15, 0.2) is 0 Å². The van der Waals surface area contributed by atoms with Crippen molar-refractivity contribution in [3.8, 4) is 0 Å². The molecule has 2 atom stereocenters. The minimum Gasteiger partial charge on any atom is -0.444 e. The normalized spacial score (nSPS) is 27.4. The van der Waals surface area contributed by atoms with Gasteiger partial charge in [-0.3, -0.25) is 0 Å². The van der Waals surface area contributed by atoms with E-state index in [0.29, 0.717) is 6.54 Å². The Kier molecular flexibility index (Phi) is 4.15. The molecule has 94 valence electrons. The van der Waals surface area contributed by atoms with Crippen LogP contribution in [-0.4, -0.2) is 46.9 Å². The molecule has 1 rings (SSSR count). The fourth-order valence-corrected chi connectivity index (χ4v) is 1.66. The first-order chi connectivity index (χ1) is 7.29. The molecule has 0 spiro atoms. The average molecular weight is 230 g/mol. The smallest absolute Gasteiger partial charge is 0.410 e. The molecule has 1 heterocycles. The van der Waals surface area contributed by atoms with Crippen molar-refractivity contribution in [2.45, 2.75) is 51.4 Å². The van der Waals surface area contributed by atoms with Crippen molar-refractivity contribution >= 4 is 6.09 Å². The minimum absolute atomic E-state index is 0.243. The van der Waals surface area contributed by atoms with Crippen molar-refractivity contribution in [3.63, 3.8) is 0 Å². The van der Waals surface area contributed by atoms with Crippen LogP contribution in [0.1, 0.15) is 33.6 Å². The van der Waals surface area contributed by atoms with Gasteiger partial charge < -0.3 is 20.5 Å². The fourth-order valence-electron chi connectivity index (χ4n) is 1.66. The molecule has 16 heavy (non-hydrogen) atoms. The summed E-state index contributed by atoms with van der Waals surface area (Å²) >= 11 is 0. The SMILES string of the molecule is CC(C)(C)OC(=O)N1CCC[C@H](N)[C@@H](O)C1. The van der Waals surface area contributed by atoms with Crippen LogP contribution in [0.25, 0.3) is 0 Å². The van der Waals surface area contributed by atoms with Crippen LogP contribution < -0.4 is 5.73 Å². The Balaban J connectivity index is 2.56. The second-order valence-electron chi connectivity index (χ2n) is 5.30. The predicted molar refractivity (Wildman–Crippen MR) is 61.0 cm³/mol. The lowest BCUT2D eigenvalue weighted by atomic mass is 10.1. The van der Waals surface area contributed by atoms with E-state index in [9.17, 15) is 9.90 Å². The number of carbonyl (C=O) groups is 1. The maximum absolute atomic E-state index is 11.8. The fraction of sp³-hybridized carbons (Fsp3) is 0.909. The summed E-state index contributed by atoms with van der Waals surface area (Å²) in [5.74, 6) is 0. The third-order valence-electron chi connectivity index (χ3n) is 2.52. The van der Waals surface area contributed by atoms with Crippen LogP contribution in [0, 0.1) is 0 Å². The van der Waals surface area contributed by atoms with Gasteiger partial charge in [-0.2, -0.15) is 0 Å². The Morgan fingerprint density at radius 3 is 2.69 bits per heavy atom. The number of ether oxygens (including phenoxy) is 1. The molecular weight excluding hydrogens is 208 g/mol. The van der Waals surface area contributed by atoms with Crippen molar-refractivity contribution in [2.75, 3.05) is 13.1 Å². The number of likely N-dealkylation sites (tertiary alicyclic amines) is 1. The highest BCUT2D eigenvalue weighted by atomic mass is 16.6. The zero-order valence-electron chi connectivity index (χ0n) is 10.3. The number of carbonyl (C=O) groups excluding carboxylic acids is 1. The Hall–Kier alpha value is -0.810. The van der Waals surface area contributed by atoms with Gasteiger partial charge >= 0.3 is 6.09 Å². The molecule has 3 N–H and O–H groups in total. The van der Waals surface area contributed by atoms with Gasteiger partial charge in [-0.15, -0.1) is 0 Å². The Bertz CT molecular complexity index is 250. The van der Waals surface area contributed by atoms with Crippen LogP contribution in [0.3, 0.4) is 0 Å². The molecule has 0 bridgehead atoms. The first-order valence-corrected chi connectivity index (χ1v) is 5.71. The van der Waals surface area contributed by atoms with Crippen LogP contribution >= 0.6 is 0 Å². The summed E-state index contributed by atoms with van der Waals surface area (Å²) in [5, 5.41) is 9.70. The summed E-state index contributed by atoms with van der Waals surface area (Å²) in [5.41, 5.74) is 5.24. The third kappa shape index (κ3) is 3.98. The van der Waals surface area contributed by atoms with E-state index >= 15 is 0 Å². The molecule has 0 radical (unpaired) electrons. The van der Waals surface area contributed by atoms with Gasteiger partial charge in [-0.1, -0.05) is 0 Å². The molecule has 1 aliphatic heterocycles. The van der Waals surface area contributed by atoms with Crippen LogP contribution in [0.5, 0.6) is 0 Å². The van der Waals surface area contributed by atoms with Gasteiger partial charge in [0.05, 0.1) is 12.6 Å². The van der Waals surface area contributed by atoms with Crippen LogP contribution in [-0.2, 0) is 4.74 Å². The molecule has 0 aromatic carbocycles. The van der Waals surface area contributed by atoms with E-state index in [1.54, 1.807) is 0 Å². The molecular formula is C11H22N2O3. The average Bonchev–Trinajstić information content (AvgIpc) is 2.27. The number of hydrogen-bond donors (Lipinski definition) is 2. The van der Waals surface area contributed by atoms with E-state index in [0.717, 1.165) is 12.8 Å². The molecule has 1 saturated heterocycles. The number of rotatable bonds is 0. The zero-order chi connectivity index (χ0) is 12.3. The lowest BCUT2D eigenvalue weighted by Gasteiger charge is -2.27. The van der Waals surface area contributed by atoms with Crippen molar-refractivity contribution in [2.24, 2.45) is 5.73 Å². The zero-order valence-corrected chi connectivity index (χ0v) is 10.3. The highest BCUT2D eigenvalue weighted by Gasteiger charge is 2.28. The van der Waals surface area contributed by atoms with E-state index in [-0.39, 0.29) is 18.7 Å².